The summed E-state index contributed by atoms with van der Waals surface area (Å²) in [5.41, 5.74) is 4.06. The Labute approximate surface area is 150 Å². The Morgan fingerprint density at radius 2 is 2.12 bits per heavy atom. The quantitative estimate of drug-likeness (QED) is 0.879. The van der Waals surface area contributed by atoms with Crippen LogP contribution in [0, 0.1) is 6.92 Å². The van der Waals surface area contributed by atoms with Crippen molar-refractivity contribution < 1.29 is 4.84 Å². The van der Waals surface area contributed by atoms with Gasteiger partial charge >= 0.3 is 0 Å². The van der Waals surface area contributed by atoms with Crippen molar-refractivity contribution in [2.24, 2.45) is 5.16 Å². The van der Waals surface area contributed by atoms with Gasteiger partial charge in [0, 0.05) is 28.3 Å². The maximum absolute atomic E-state index is 6.36. The number of halogens is 1. The van der Waals surface area contributed by atoms with Gasteiger partial charge in [-0.3, -0.25) is 0 Å². The number of oxime groups is 1. The number of aromatic nitrogens is 1. The molecule has 2 aromatic rings. The number of rotatable bonds is 3. The first-order chi connectivity index (χ1) is 11.7. The molecule has 1 unspecified atom stereocenters. The lowest BCUT2D eigenvalue weighted by molar-refractivity contribution is 0.0853. The highest BCUT2D eigenvalue weighted by Gasteiger charge is 2.29. The molecule has 24 heavy (non-hydrogen) atoms. The fraction of sp³-hybridized carbons (Fsp3) is 0.444. The van der Waals surface area contributed by atoms with E-state index in [4.69, 9.17) is 21.4 Å². The van der Waals surface area contributed by atoms with E-state index in [1.807, 2.05) is 12.1 Å². The Bertz CT molecular complexity index is 747. The monoisotopic (exact) mass is 361 g/mol. The molecule has 0 spiro atoms. The summed E-state index contributed by atoms with van der Waals surface area (Å²) in [6.45, 7) is 4.22. The fourth-order valence-corrected chi connectivity index (χ4v) is 4.76. The molecule has 2 aliphatic heterocycles. The summed E-state index contributed by atoms with van der Waals surface area (Å²) in [6.07, 6.45) is 2.94. The Hall–Kier alpha value is -1.43. The molecule has 2 aliphatic rings. The van der Waals surface area contributed by atoms with Gasteiger partial charge in [-0.1, -0.05) is 28.9 Å². The second kappa shape index (κ2) is 6.82. The fourth-order valence-electron chi connectivity index (χ4n) is 3.41. The average molecular weight is 362 g/mol. The van der Waals surface area contributed by atoms with E-state index in [0.717, 1.165) is 59.9 Å². The molecule has 1 aromatic heterocycles. The van der Waals surface area contributed by atoms with Crippen LogP contribution in [-0.4, -0.2) is 23.8 Å². The van der Waals surface area contributed by atoms with Crippen LogP contribution in [0.15, 0.2) is 28.7 Å². The maximum atomic E-state index is 6.36. The molecule has 0 bridgehead atoms. The van der Waals surface area contributed by atoms with Crippen LogP contribution >= 0.6 is 22.9 Å². The second-order valence-corrected chi connectivity index (χ2v) is 7.70. The van der Waals surface area contributed by atoms with Gasteiger partial charge < -0.3 is 10.2 Å². The highest BCUT2D eigenvalue weighted by atomic mass is 35.5. The first-order valence-electron chi connectivity index (χ1n) is 8.36. The lowest BCUT2D eigenvalue weighted by Gasteiger charge is -2.20. The summed E-state index contributed by atoms with van der Waals surface area (Å²) < 4.78 is 0. The lowest BCUT2D eigenvalue weighted by atomic mass is 9.98. The molecule has 6 heteroatoms. The van der Waals surface area contributed by atoms with Crippen LogP contribution < -0.4 is 5.32 Å². The Morgan fingerprint density at radius 3 is 2.92 bits per heavy atom. The van der Waals surface area contributed by atoms with Crippen molar-refractivity contribution in [3.8, 4) is 0 Å². The smallest absolute Gasteiger partial charge is 0.160 e. The lowest BCUT2D eigenvalue weighted by Crippen LogP contribution is -2.26. The highest BCUT2D eigenvalue weighted by Crippen LogP contribution is 2.36. The molecule has 0 radical (unpaired) electrons. The Balaban J connectivity index is 1.50. The molecule has 126 valence electrons. The van der Waals surface area contributed by atoms with Crippen molar-refractivity contribution in [2.45, 2.75) is 38.2 Å². The molecular formula is C18H20ClN3OS. The summed E-state index contributed by atoms with van der Waals surface area (Å²) in [7, 11) is 0. The van der Waals surface area contributed by atoms with Crippen LogP contribution in [0.2, 0.25) is 5.02 Å². The summed E-state index contributed by atoms with van der Waals surface area (Å²) >= 11 is 8.10. The van der Waals surface area contributed by atoms with Crippen molar-refractivity contribution in [1.82, 2.24) is 10.3 Å². The minimum absolute atomic E-state index is 0.113. The number of benzene rings is 1. The molecule has 1 atom stereocenters. The third-order valence-electron chi connectivity index (χ3n) is 4.77. The summed E-state index contributed by atoms with van der Waals surface area (Å²) in [4.78, 5) is 10.5. The SMILES string of the molecule is Cc1cccc(Cl)c1C1CC(c2csc(C3CCNCC3)n2)=NO1. The number of hydrogen-bond acceptors (Lipinski definition) is 5. The number of thiazole rings is 1. The van der Waals surface area contributed by atoms with E-state index in [1.54, 1.807) is 11.3 Å². The zero-order chi connectivity index (χ0) is 16.5. The van der Waals surface area contributed by atoms with Gasteiger partial charge in [-0.2, -0.15) is 0 Å². The number of nitrogens with one attached hydrogen (secondary N) is 1. The Kier molecular flexibility index (Phi) is 4.57. The summed E-state index contributed by atoms with van der Waals surface area (Å²) in [5.74, 6) is 0.578. The van der Waals surface area contributed by atoms with Crippen molar-refractivity contribution in [2.75, 3.05) is 13.1 Å². The largest absolute Gasteiger partial charge is 0.387 e. The average Bonchev–Trinajstić information content (AvgIpc) is 3.25. The molecule has 1 saturated heterocycles. The third-order valence-corrected chi connectivity index (χ3v) is 6.10. The molecular weight excluding hydrogens is 342 g/mol. The van der Waals surface area contributed by atoms with E-state index < -0.39 is 0 Å². The van der Waals surface area contributed by atoms with Gasteiger partial charge in [0.25, 0.3) is 0 Å². The van der Waals surface area contributed by atoms with Gasteiger partial charge in [-0.15, -0.1) is 11.3 Å². The predicted octanol–water partition coefficient (Wildman–Crippen LogP) is 4.44. The summed E-state index contributed by atoms with van der Waals surface area (Å²) in [6, 6.07) is 5.92. The second-order valence-electron chi connectivity index (χ2n) is 6.40. The van der Waals surface area contributed by atoms with Gasteiger partial charge in [0.1, 0.15) is 5.71 Å². The van der Waals surface area contributed by atoms with Crippen LogP contribution in [0.3, 0.4) is 0 Å². The van der Waals surface area contributed by atoms with Gasteiger partial charge in [0.2, 0.25) is 0 Å². The van der Waals surface area contributed by atoms with Crippen LogP contribution in [-0.2, 0) is 4.84 Å². The molecule has 0 amide bonds. The molecule has 4 rings (SSSR count). The van der Waals surface area contributed by atoms with E-state index in [9.17, 15) is 0 Å². The van der Waals surface area contributed by atoms with Crippen LogP contribution in [0.1, 0.15) is 53.1 Å². The topological polar surface area (TPSA) is 46.5 Å². The number of nitrogens with zero attached hydrogens (tertiary/aromatic N) is 2. The zero-order valence-electron chi connectivity index (χ0n) is 13.6. The number of hydrogen-bond donors (Lipinski definition) is 1. The minimum atomic E-state index is -0.113. The van der Waals surface area contributed by atoms with Crippen molar-refractivity contribution in [3.05, 3.63) is 50.4 Å². The van der Waals surface area contributed by atoms with E-state index in [1.165, 1.54) is 5.01 Å². The van der Waals surface area contributed by atoms with E-state index in [2.05, 4.69) is 28.8 Å². The predicted molar refractivity (Wildman–Crippen MR) is 98.1 cm³/mol. The molecule has 4 nitrogen and oxygen atoms in total. The molecule has 3 heterocycles. The van der Waals surface area contributed by atoms with Gasteiger partial charge in [-0.25, -0.2) is 4.98 Å². The van der Waals surface area contributed by atoms with Crippen LogP contribution in [0.25, 0.3) is 0 Å². The molecule has 1 fully saturated rings. The normalized spacial score (nSPS) is 21.6. The first kappa shape index (κ1) is 16.1. The minimum Gasteiger partial charge on any atom is -0.387 e. The Morgan fingerprint density at radius 1 is 1.29 bits per heavy atom. The number of aryl methyl sites for hydroxylation is 1. The van der Waals surface area contributed by atoms with Gasteiger partial charge in [0.05, 0.1) is 10.7 Å². The van der Waals surface area contributed by atoms with E-state index in [-0.39, 0.29) is 6.10 Å². The maximum Gasteiger partial charge on any atom is 0.160 e. The van der Waals surface area contributed by atoms with Gasteiger partial charge in [-0.05, 0) is 44.5 Å². The molecule has 1 N–H and O–H groups in total. The first-order valence-corrected chi connectivity index (χ1v) is 9.62. The van der Waals surface area contributed by atoms with Crippen molar-refractivity contribution >= 4 is 28.6 Å². The summed E-state index contributed by atoms with van der Waals surface area (Å²) in [5, 5.41) is 11.8. The van der Waals surface area contributed by atoms with Gasteiger partial charge in [0.15, 0.2) is 6.10 Å². The number of piperidine rings is 1. The molecule has 0 aliphatic carbocycles. The zero-order valence-corrected chi connectivity index (χ0v) is 15.2. The van der Waals surface area contributed by atoms with Crippen LogP contribution in [0.5, 0.6) is 0 Å². The molecule has 0 saturated carbocycles. The van der Waals surface area contributed by atoms with E-state index in [0.29, 0.717) is 5.92 Å². The highest BCUT2D eigenvalue weighted by molar-refractivity contribution is 7.10. The standard InChI is InChI=1S/C18H20ClN3OS/c1-11-3-2-4-13(19)17(11)16-9-14(22-23-16)15-10-24-18(21-15)12-5-7-20-8-6-12/h2-4,10,12,16,20H,5-9H2,1H3. The van der Waals surface area contributed by atoms with Crippen molar-refractivity contribution in [3.63, 3.8) is 0 Å². The molecule has 1 aromatic carbocycles. The third kappa shape index (κ3) is 3.08. The van der Waals surface area contributed by atoms with E-state index >= 15 is 0 Å². The van der Waals surface area contributed by atoms with Crippen LogP contribution in [0.4, 0.5) is 0 Å². The van der Waals surface area contributed by atoms with Crippen molar-refractivity contribution in [1.29, 1.82) is 0 Å².